The fourth-order valence-corrected chi connectivity index (χ4v) is 4.74. The van der Waals surface area contributed by atoms with Gasteiger partial charge in [-0.25, -0.2) is 0 Å². The number of rotatable bonds is 6. The second-order valence-electron chi connectivity index (χ2n) is 8.59. The van der Waals surface area contributed by atoms with Crippen molar-refractivity contribution in [3.8, 4) is 0 Å². The molecule has 140 valence electrons. The van der Waals surface area contributed by atoms with Crippen molar-refractivity contribution >= 4 is 32.5 Å². The summed E-state index contributed by atoms with van der Waals surface area (Å²) in [6, 6.07) is 7.04. The third-order valence-electron chi connectivity index (χ3n) is 5.93. The molecule has 26 heavy (non-hydrogen) atoms. The number of pyridine rings is 1. The minimum Gasteiger partial charge on any atom is -0.381 e. The average molecular weight is 416 g/mol. The maximum absolute atomic E-state index is 4.74. The van der Waals surface area contributed by atoms with Gasteiger partial charge in [-0.05, 0) is 94.6 Å². The smallest absolute Gasteiger partial charge is 0.0723 e. The van der Waals surface area contributed by atoms with Gasteiger partial charge >= 0.3 is 0 Å². The Balaban J connectivity index is 1.55. The summed E-state index contributed by atoms with van der Waals surface area (Å²) in [4.78, 5) is 7.07. The number of nitrogens with zero attached hydrogens (tertiary/aromatic N) is 2. The fraction of sp³-hybridized carbons (Fsp3) is 0.591. The maximum Gasteiger partial charge on any atom is 0.0723 e. The molecule has 0 bridgehead atoms. The van der Waals surface area contributed by atoms with Crippen LogP contribution in [0.1, 0.15) is 44.1 Å². The van der Waals surface area contributed by atoms with E-state index in [1.54, 1.807) is 0 Å². The zero-order chi connectivity index (χ0) is 18.1. The number of hydrogen-bond acceptors (Lipinski definition) is 3. The van der Waals surface area contributed by atoms with Crippen LogP contribution in [0.15, 0.2) is 28.9 Å². The molecule has 4 rings (SSSR count). The lowest BCUT2D eigenvalue weighted by Crippen LogP contribution is -2.31. The minimum absolute atomic E-state index is 0.593. The number of hydrogen-bond donors (Lipinski definition) is 1. The van der Waals surface area contributed by atoms with E-state index in [0.717, 1.165) is 21.8 Å². The van der Waals surface area contributed by atoms with Gasteiger partial charge in [-0.3, -0.25) is 4.98 Å². The molecule has 0 spiro atoms. The number of fused-ring (bicyclic) bond motifs is 1. The van der Waals surface area contributed by atoms with Gasteiger partial charge in [0.15, 0.2) is 0 Å². The number of halogens is 1. The van der Waals surface area contributed by atoms with E-state index in [-0.39, 0.29) is 0 Å². The summed E-state index contributed by atoms with van der Waals surface area (Å²) in [5.41, 5.74) is 3.85. The number of benzene rings is 1. The van der Waals surface area contributed by atoms with Gasteiger partial charge in [0.25, 0.3) is 0 Å². The van der Waals surface area contributed by atoms with Gasteiger partial charge in [0.1, 0.15) is 0 Å². The fourth-order valence-electron chi connectivity index (χ4n) is 4.37. The Bertz CT molecular complexity index is 761. The molecule has 0 atom stereocenters. The molecule has 2 aliphatic carbocycles. The first-order valence-electron chi connectivity index (χ1n) is 10.1. The molecule has 2 aliphatic rings. The Morgan fingerprint density at radius 2 is 1.81 bits per heavy atom. The predicted octanol–water partition coefficient (Wildman–Crippen LogP) is 5.48. The number of aromatic nitrogens is 1. The number of anilines is 1. The van der Waals surface area contributed by atoms with Crippen LogP contribution in [0.25, 0.3) is 10.9 Å². The highest BCUT2D eigenvalue weighted by molar-refractivity contribution is 9.10. The Labute approximate surface area is 165 Å². The molecule has 0 aliphatic heterocycles. The van der Waals surface area contributed by atoms with E-state index in [1.165, 1.54) is 68.1 Å². The van der Waals surface area contributed by atoms with Crippen molar-refractivity contribution in [1.82, 2.24) is 9.88 Å². The summed E-state index contributed by atoms with van der Waals surface area (Å²) in [6.45, 7) is 1.23. The molecule has 1 aromatic carbocycles. The lowest BCUT2D eigenvalue weighted by atomic mass is 9.85. The Morgan fingerprint density at radius 3 is 2.50 bits per heavy atom. The van der Waals surface area contributed by atoms with E-state index in [2.05, 4.69) is 64.6 Å². The third-order valence-corrected chi connectivity index (χ3v) is 6.43. The van der Waals surface area contributed by atoms with E-state index in [4.69, 9.17) is 4.98 Å². The standard InChI is InChI=1S/C22H30BrN3/c1-26(2)14-16-5-8-19(9-6-16)25-22-17(11-15-3-4-15)13-24-21-10-7-18(23)12-20(21)22/h7,10,12-13,15-16,19H,3-6,8-9,11,14H2,1-2H3,(H,24,25). The average Bonchev–Trinajstić information content (AvgIpc) is 3.42. The van der Waals surface area contributed by atoms with Crippen LogP contribution >= 0.6 is 15.9 Å². The second kappa shape index (κ2) is 7.85. The third kappa shape index (κ3) is 4.40. The van der Waals surface area contributed by atoms with Crippen LogP contribution in [-0.4, -0.2) is 36.6 Å². The highest BCUT2D eigenvalue weighted by Gasteiger charge is 2.26. The molecule has 0 amide bonds. The van der Waals surface area contributed by atoms with Crippen LogP contribution in [0.4, 0.5) is 5.69 Å². The molecule has 0 saturated heterocycles. The normalized spacial score (nSPS) is 23.5. The molecular weight excluding hydrogens is 386 g/mol. The van der Waals surface area contributed by atoms with Gasteiger partial charge in [0, 0.05) is 34.3 Å². The van der Waals surface area contributed by atoms with Gasteiger partial charge in [-0.1, -0.05) is 15.9 Å². The van der Waals surface area contributed by atoms with Crippen molar-refractivity contribution in [2.24, 2.45) is 11.8 Å². The second-order valence-corrected chi connectivity index (χ2v) is 9.51. The lowest BCUT2D eigenvalue weighted by Gasteiger charge is -2.32. The topological polar surface area (TPSA) is 28.2 Å². The van der Waals surface area contributed by atoms with Gasteiger partial charge < -0.3 is 10.2 Å². The summed E-state index contributed by atoms with van der Waals surface area (Å²) in [5, 5.41) is 5.22. The van der Waals surface area contributed by atoms with Crippen LogP contribution in [-0.2, 0) is 6.42 Å². The zero-order valence-corrected chi connectivity index (χ0v) is 17.6. The van der Waals surface area contributed by atoms with Crippen molar-refractivity contribution < 1.29 is 0 Å². The van der Waals surface area contributed by atoms with E-state index < -0.39 is 0 Å². The molecule has 0 unspecified atom stereocenters. The molecule has 3 nitrogen and oxygen atoms in total. The van der Waals surface area contributed by atoms with Crippen molar-refractivity contribution in [1.29, 1.82) is 0 Å². The van der Waals surface area contributed by atoms with Crippen molar-refractivity contribution in [2.45, 2.75) is 51.0 Å². The summed E-state index contributed by atoms with van der Waals surface area (Å²) in [6.07, 6.45) is 11.3. The SMILES string of the molecule is CN(C)CC1CCC(Nc2c(CC3CC3)cnc3ccc(Br)cc23)CC1. The summed E-state index contributed by atoms with van der Waals surface area (Å²) in [7, 11) is 4.38. The first-order chi connectivity index (χ1) is 12.6. The van der Waals surface area contributed by atoms with E-state index in [0.29, 0.717) is 6.04 Å². The van der Waals surface area contributed by atoms with Gasteiger partial charge in [0.05, 0.1) is 5.52 Å². The van der Waals surface area contributed by atoms with Gasteiger partial charge in [-0.15, -0.1) is 0 Å². The molecule has 1 aromatic heterocycles. The highest BCUT2D eigenvalue weighted by Crippen LogP contribution is 2.38. The van der Waals surface area contributed by atoms with Crippen molar-refractivity contribution in [3.63, 3.8) is 0 Å². The molecule has 2 fully saturated rings. The monoisotopic (exact) mass is 415 g/mol. The Kier molecular flexibility index (Phi) is 5.51. The van der Waals surface area contributed by atoms with Crippen LogP contribution < -0.4 is 5.32 Å². The first kappa shape index (κ1) is 18.2. The summed E-state index contributed by atoms with van der Waals surface area (Å²) < 4.78 is 1.13. The quantitative estimate of drug-likeness (QED) is 0.676. The lowest BCUT2D eigenvalue weighted by molar-refractivity contribution is 0.255. The van der Waals surface area contributed by atoms with Crippen LogP contribution in [0.2, 0.25) is 0 Å². The number of nitrogens with one attached hydrogen (secondary N) is 1. The molecule has 1 heterocycles. The predicted molar refractivity (Wildman–Crippen MR) is 114 cm³/mol. The van der Waals surface area contributed by atoms with Crippen molar-refractivity contribution in [3.05, 3.63) is 34.4 Å². The Hall–Kier alpha value is -1.13. The molecule has 4 heteroatoms. The highest BCUT2D eigenvalue weighted by atomic mass is 79.9. The molecular formula is C22H30BrN3. The molecule has 0 radical (unpaired) electrons. The zero-order valence-electron chi connectivity index (χ0n) is 16.0. The van der Waals surface area contributed by atoms with Crippen LogP contribution in [0.5, 0.6) is 0 Å². The van der Waals surface area contributed by atoms with Gasteiger partial charge in [-0.2, -0.15) is 0 Å². The van der Waals surface area contributed by atoms with Crippen LogP contribution in [0.3, 0.4) is 0 Å². The molecule has 2 saturated carbocycles. The van der Waals surface area contributed by atoms with E-state index >= 15 is 0 Å². The summed E-state index contributed by atoms with van der Waals surface area (Å²) >= 11 is 3.65. The van der Waals surface area contributed by atoms with Crippen molar-refractivity contribution in [2.75, 3.05) is 26.0 Å². The Morgan fingerprint density at radius 1 is 1.08 bits per heavy atom. The first-order valence-corrected chi connectivity index (χ1v) is 10.9. The molecule has 1 N–H and O–H groups in total. The van der Waals surface area contributed by atoms with E-state index in [1.807, 2.05) is 0 Å². The largest absolute Gasteiger partial charge is 0.381 e. The maximum atomic E-state index is 4.74. The summed E-state index contributed by atoms with van der Waals surface area (Å²) in [5.74, 6) is 1.73. The molecule has 2 aromatic rings. The van der Waals surface area contributed by atoms with Gasteiger partial charge in [0.2, 0.25) is 0 Å². The van der Waals surface area contributed by atoms with E-state index in [9.17, 15) is 0 Å². The minimum atomic E-state index is 0.593. The van der Waals surface area contributed by atoms with Crippen LogP contribution in [0, 0.1) is 11.8 Å².